The van der Waals surface area contributed by atoms with E-state index in [9.17, 15) is 10.1 Å². The number of carbonyl (C=O) groups excluding carboxylic acids is 1. The Labute approximate surface area is 223 Å². The van der Waals surface area contributed by atoms with Crippen molar-refractivity contribution in [3.63, 3.8) is 0 Å². The molecule has 38 heavy (non-hydrogen) atoms. The first-order valence-electron chi connectivity index (χ1n) is 13.6. The minimum atomic E-state index is 0.113. The van der Waals surface area contributed by atoms with Gasteiger partial charge in [0.1, 0.15) is 23.3 Å². The molecule has 0 spiro atoms. The standard InChI is InChI=1S/C30H33N5O3/c31-14-25-7-6-23-12-29(25)38-28-11-24(10-27(13-28)37-20-22-4-2-1-3-5-22)17-34-9-8-33(19-30(34)36)18-26-15-32-21-35(26)16-23/h6-7,10-13,15,21-22H,1-5,8-9,16-20H2. The third kappa shape index (κ3) is 5.53. The Morgan fingerprint density at radius 3 is 2.74 bits per heavy atom. The molecule has 4 heterocycles. The molecule has 2 fully saturated rings. The molecule has 6 bridgehead atoms. The number of hydrogen-bond donors (Lipinski definition) is 0. The van der Waals surface area contributed by atoms with Crippen LogP contribution in [-0.2, 0) is 24.4 Å². The fourth-order valence-corrected chi connectivity index (χ4v) is 5.73. The van der Waals surface area contributed by atoms with E-state index in [2.05, 4.69) is 20.5 Å². The second kappa shape index (κ2) is 10.9. The monoisotopic (exact) mass is 511 g/mol. The molecular weight excluding hydrogens is 478 g/mol. The molecule has 0 radical (unpaired) electrons. The molecule has 1 aliphatic carbocycles. The smallest absolute Gasteiger partial charge is 0.237 e. The second-order valence-corrected chi connectivity index (χ2v) is 10.7. The number of fused-ring (bicyclic) bond motifs is 2. The number of carbonyl (C=O) groups is 1. The maximum atomic E-state index is 13.1. The number of amides is 1. The van der Waals surface area contributed by atoms with Gasteiger partial charge in [0.25, 0.3) is 0 Å². The van der Waals surface area contributed by atoms with Gasteiger partial charge < -0.3 is 18.9 Å². The van der Waals surface area contributed by atoms with Crippen LogP contribution < -0.4 is 9.47 Å². The summed E-state index contributed by atoms with van der Waals surface area (Å²) in [6.45, 7) is 4.29. The van der Waals surface area contributed by atoms with Crippen LogP contribution in [-0.4, -0.2) is 51.5 Å². The first kappa shape index (κ1) is 24.5. The average Bonchev–Trinajstić information content (AvgIpc) is 3.35. The van der Waals surface area contributed by atoms with E-state index in [0.29, 0.717) is 62.3 Å². The van der Waals surface area contributed by atoms with Crippen molar-refractivity contribution in [3.05, 3.63) is 71.3 Å². The van der Waals surface area contributed by atoms with E-state index in [1.165, 1.54) is 32.1 Å². The minimum absolute atomic E-state index is 0.113. The highest BCUT2D eigenvalue weighted by molar-refractivity contribution is 5.79. The quantitative estimate of drug-likeness (QED) is 0.506. The highest BCUT2D eigenvalue weighted by Crippen LogP contribution is 2.32. The Hall–Kier alpha value is -3.83. The van der Waals surface area contributed by atoms with E-state index in [1.54, 1.807) is 0 Å². The molecule has 1 aromatic heterocycles. The van der Waals surface area contributed by atoms with Crippen molar-refractivity contribution in [1.29, 1.82) is 5.26 Å². The summed E-state index contributed by atoms with van der Waals surface area (Å²) in [4.78, 5) is 21.6. The lowest BCUT2D eigenvalue weighted by molar-refractivity contribution is -0.136. The summed E-state index contributed by atoms with van der Waals surface area (Å²) >= 11 is 0. The zero-order chi connectivity index (χ0) is 25.9. The van der Waals surface area contributed by atoms with Gasteiger partial charge in [-0.2, -0.15) is 5.26 Å². The van der Waals surface area contributed by atoms with Crippen molar-refractivity contribution in [2.45, 2.75) is 51.7 Å². The van der Waals surface area contributed by atoms with E-state index in [4.69, 9.17) is 9.47 Å². The molecule has 2 aromatic carbocycles. The number of aromatic nitrogens is 2. The molecule has 1 saturated heterocycles. The highest BCUT2D eigenvalue weighted by atomic mass is 16.5. The molecule has 1 unspecified atom stereocenters. The number of hydrogen-bond acceptors (Lipinski definition) is 6. The molecule has 8 heteroatoms. The fraction of sp³-hybridized carbons (Fsp3) is 0.433. The van der Waals surface area contributed by atoms with Gasteiger partial charge in [0, 0.05) is 45.0 Å². The summed E-state index contributed by atoms with van der Waals surface area (Å²) in [5, 5.41) is 9.77. The van der Waals surface area contributed by atoms with Crippen LogP contribution in [0.3, 0.4) is 0 Å². The van der Waals surface area contributed by atoms with Crippen LogP contribution in [0, 0.1) is 17.2 Å². The summed E-state index contributed by atoms with van der Waals surface area (Å²) in [5.41, 5.74) is 3.49. The first-order chi connectivity index (χ1) is 18.6. The third-order valence-electron chi connectivity index (χ3n) is 7.85. The average molecular weight is 512 g/mol. The van der Waals surface area contributed by atoms with Crippen molar-refractivity contribution >= 4 is 5.91 Å². The van der Waals surface area contributed by atoms with Gasteiger partial charge in [-0.15, -0.1) is 0 Å². The molecule has 1 saturated carbocycles. The molecule has 1 amide bonds. The molecule has 3 aliphatic heterocycles. The Bertz CT molecular complexity index is 1350. The summed E-state index contributed by atoms with van der Waals surface area (Å²) in [7, 11) is 0. The molecule has 4 aliphatic rings. The van der Waals surface area contributed by atoms with E-state index in [1.807, 2.05) is 53.8 Å². The number of imidazole rings is 1. The fourth-order valence-electron chi connectivity index (χ4n) is 5.73. The van der Waals surface area contributed by atoms with Crippen molar-refractivity contribution in [2.24, 2.45) is 5.92 Å². The number of nitrogens with zero attached hydrogens (tertiary/aromatic N) is 5. The first-order valence-corrected chi connectivity index (χ1v) is 13.6. The Morgan fingerprint density at radius 2 is 1.89 bits per heavy atom. The van der Waals surface area contributed by atoms with Crippen LogP contribution in [0.15, 0.2) is 48.9 Å². The number of rotatable bonds is 3. The topological polar surface area (TPSA) is 83.6 Å². The highest BCUT2D eigenvalue weighted by Gasteiger charge is 2.25. The summed E-state index contributed by atoms with van der Waals surface area (Å²) < 4.78 is 14.7. The van der Waals surface area contributed by atoms with Crippen LogP contribution in [0.5, 0.6) is 17.2 Å². The summed E-state index contributed by atoms with van der Waals surface area (Å²) in [6, 6.07) is 13.8. The van der Waals surface area contributed by atoms with Crippen LogP contribution >= 0.6 is 0 Å². The van der Waals surface area contributed by atoms with Crippen LogP contribution in [0.1, 0.15) is 54.5 Å². The predicted octanol–water partition coefficient (Wildman–Crippen LogP) is 4.71. The normalized spacial score (nSPS) is 19.9. The van der Waals surface area contributed by atoms with Crippen LogP contribution in [0.2, 0.25) is 0 Å². The maximum Gasteiger partial charge on any atom is 0.237 e. The molecule has 1 atom stereocenters. The molecule has 196 valence electrons. The maximum absolute atomic E-state index is 13.1. The summed E-state index contributed by atoms with van der Waals surface area (Å²) in [6.07, 6.45) is 9.94. The molecule has 8 nitrogen and oxygen atoms in total. The van der Waals surface area contributed by atoms with Crippen LogP contribution in [0.4, 0.5) is 0 Å². The van der Waals surface area contributed by atoms with Crippen molar-refractivity contribution in [2.75, 3.05) is 26.2 Å². The summed E-state index contributed by atoms with van der Waals surface area (Å²) in [5.74, 6) is 2.55. The second-order valence-electron chi connectivity index (χ2n) is 10.7. The van der Waals surface area contributed by atoms with E-state index in [0.717, 1.165) is 29.1 Å². The number of benzene rings is 2. The van der Waals surface area contributed by atoms with Gasteiger partial charge >= 0.3 is 0 Å². The van der Waals surface area contributed by atoms with Gasteiger partial charge in [0.2, 0.25) is 5.91 Å². The van der Waals surface area contributed by atoms with Gasteiger partial charge in [0.05, 0.1) is 30.7 Å². The largest absolute Gasteiger partial charge is 0.493 e. The molecule has 7 rings (SSSR count). The van der Waals surface area contributed by atoms with Crippen molar-refractivity contribution in [1.82, 2.24) is 19.4 Å². The van der Waals surface area contributed by atoms with Gasteiger partial charge in [-0.3, -0.25) is 9.69 Å². The van der Waals surface area contributed by atoms with Gasteiger partial charge in [-0.05, 0) is 54.2 Å². The number of nitriles is 1. The minimum Gasteiger partial charge on any atom is -0.493 e. The van der Waals surface area contributed by atoms with Gasteiger partial charge in [0.15, 0.2) is 0 Å². The third-order valence-corrected chi connectivity index (χ3v) is 7.85. The molecule has 3 aromatic rings. The lowest BCUT2D eigenvalue weighted by Gasteiger charge is -2.34. The van der Waals surface area contributed by atoms with Crippen molar-refractivity contribution in [3.8, 4) is 23.3 Å². The van der Waals surface area contributed by atoms with E-state index in [-0.39, 0.29) is 5.91 Å². The molecular formula is C30H33N5O3. The van der Waals surface area contributed by atoms with Crippen molar-refractivity contribution < 1.29 is 14.3 Å². The molecule has 0 N–H and O–H groups in total. The van der Waals surface area contributed by atoms with Crippen LogP contribution in [0.25, 0.3) is 0 Å². The van der Waals surface area contributed by atoms with E-state index >= 15 is 0 Å². The predicted molar refractivity (Wildman–Crippen MR) is 142 cm³/mol. The Morgan fingerprint density at radius 1 is 1.00 bits per heavy atom. The zero-order valence-electron chi connectivity index (χ0n) is 21.6. The number of ether oxygens (including phenoxy) is 2. The van der Waals surface area contributed by atoms with Gasteiger partial charge in [-0.25, -0.2) is 4.98 Å². The lowest BCUT2D eigenvalue weighted by atomic mass is 9.90. The van der Waals surface area contributed by atoms with Gasteiger partial charge in [-0.1, -0.05) is 25.3 Å². The zero-order valence-corrected chi connectivity index (χ0v) is 21.6. The lowest BCUT2D eigenvalue weighted by Crippen LogP contribution is -2.49. The Kier molecular flexibility index (Phi) is 7.02. The van der Waals surface area contributed by atoms with E-state index < -0.39 is 0 Å². The SMILES string of the molecule is N#Cc1ccc2cc1Oc1cc(cc(OCC3CCCCC3)c1)CN1CCN(CC1=O)Cc1cncn1C2. The Balaban J connectivity index is 1.35. The number of piperazine rings is 1.